The maximum atomic E-state index is 12.3. The van der Waals surface area contributed by atoms with Gasteiger partial charge in [0.25, 0.3) is 0 Å². The highest BCUT2D eigenvalue weighted by Gasteiger charge is 2.26. The summed E-state index contributed by atoms with van der Waals surface area (Å²) in [6.45, 7) is 5.04. The van der Waals surface area contributed by atoms with Crippen LogP contribution < -0.4 is 5.32 Å². The van der Waals surface area contributed by atoms with Gasteiger partial charge in [-0.1, -0.05) is 0 Å². The molecule has 2 heterocycles. The first-order chi connectivity index (χ1) is 10.3. The van der Waals surface area contributed by atoms with Gasteiger partial charge in [-0.2, -0.15) is 4.37 Å². The lowest BCUT2D eigenvalue weighted by Crippen LogP contribution is -2.33. The highest BCUT2D eigenvalue weighted by atomic mass is 32.1. The second-order valence-corrected chi connectivity index (χ2v) is 6.10. The summed E-state index contributed by atoms with van der Waals surface area (Å²) >= 11 is 1.46. The van der Waals surface area contributed by atoms with E-state index in [-0.39, 0.29) is 6.03 Å². The maximum Gasteiger partial charge on any atom is 0.321 e. The Balaban J connectivity index is 1.58. The number of nitrogens with one attached hydrogen (secondary N) is 1. The Morgan fingerprint density at radius 3 is 3.33 bits per heavy atom. The lowest BCUT2D eigenvalue weighted by molar-refractivity contribution is 0.113. The van der Waals surface area contributed by atoms with E-state index in [0.29, 0.717) is 5.92 Å². The molecular weight excluding hydrogens is 286 g/mol. The summed E-state index contributed by atoms with van der Waals surface area (Å²) in [4.78, 5) is 14.1. The third-order valence-electron chi connectivity index (χ3n) is 3.73. The topological polar surface area (TPSA) is 54.5 Å². The average molecular weight is 305 g/mol. The zero-order chi connectivity index (χ0) is 14.7. The number of carbonyl (C=O) groups excluding carboxylic acids is 1. The van der Waals surface area contributed by atoms with Crippen molar-refractivity contribution in [2.24, 2.45) is 5.92 Å². The van der Waals surface area contributed by atoms with Crippen molar-refractivity contribution in [3.63, 3.8) is 0 Å². The van der Waals surface area contributed by atoms with Gasteiger partial charge >= 0.3 is 6.03 Å². The van der Waals surface area contributed by atoms with Crippen LogP contribution in [0.15, 0.2) is 24.4 Å². The van der Waals surface area contributed by atoms with E-state index in [9.17, 15) is 4.79 Å². The number of aromatic nitrogens is 1. The van der Waals surface area contributed by atoms with Crippen molar-refractivity contribution < 1.29 is 9.53 Å². The van der Waals surface area contributed by atoms with Crippen molar-refractivity contribution in [3.8, 4) is 0 Å². The molecule has 0 bridgehead atoms. The summed E-state index contributed by atoms with van der Waals surface area (Å²) in [7, 11) is 0. The molecule has 1 aromatic carbocycles. The van der Waals surface area contributed by atoms with E-state index in [1.165, 1.54) is 11.5 Å². The average Bonchev–Trinajstić information content (AvgIpc) is 3.13. The minimum Gasteiger partial charge on any atom is -0.381 e. The minimum absolute atomic E-state index is 0.0310. The zero-order valence-corrected chi connectivity index (χ0v) is 12.9. The molecule has 1 aliphatic rings. The fourth-order valence-corrected chi connectivity index (χ4v) is 3.22. The molecule has 0 saturated carbocycles. The molecule has 0 spiro atoms. The first-order valence-electron chi connectivity index (χ1n) is 7.24. The van der Waals surface area contributed by atoms with E-state index < -0.39 is 0 Å². The SMILES string of the molecule is CCOCC1CCN(C(=O)Nc2ccc3sncc3c2)C1. The molecule has 1 unspecified atom stereocenters. The van der Waals surface area contributed by atoms with Crippen LogP contribution in [-0.4, -0.2) is 41.6 Å². The number of likely N-dealkylation sites (tertiary alicyclic amines) is 1. The molecule has 1 aliphatic heterocycles. The van der Waals surface area contributed by atoms with Gasteiger partial charge in [-0.25, -0.2) is 4.79 Å². The van der Waals surface area contributed by atoms with Crippen LogP contribution in [0.1, 0.15) is 13.3 Å². The lowest BCUT2D eigenvalue weighted by Gasteiger charge is -2.17. The van der Waals surface area contributed by atoms with Gasteiger partial charge in [0, 0.05) is 42.9 Å². The molecule has 0 radical (unpaired) electrons. The number of ether oxygens (including phenoxy) is 1. The molecule has 1 saturated heterocycles. The smallest absolute Gasteiger partial charge is 0.321 e. The number of carbonyl (C=O) groups is 1. The summed E-state index contributed by atoms with van der Waals surface area (Å²) in [6.07, 6.45) is 2.84. The summed E-state index contributed by atoms with van der Waals surface area (Å²) in [5, 5.41) is 4.03. The minimum atomic E-state index is -0.0310. The monoisotopic (exact) mass is 305 g/mol. The second kappa shape index (κ2) is 6.41. The van der Waals surface area contributed by atoms with E-state index in [0.717, 1.165) is 48.5 Å². The molecule has 1 aromatic heterocycles. The molecule has 6 heteroatoms. The highest BCUT2D eigenvalue weighted by molar-refractivity contribution is 7.13. The normalized spacial score (nSPS) is 18.3. The summed E-state index contributed by atoms with van der Waals surface area (Å²) in [6, 6.07) is 5.85. The van der Waals surface area contributed by atoms with Gasteiger partial charge in [-0.3, -0.25) is 0 Å². The van der Waals surface area contributed by atoms with Crippen molar-refractivity contribution in [2.75, 3.05) is 31.6 Å². The van der Waals surface area contributed by atoms with Gasteiger partial charge in [0.2, 0.25) is 0 Å². The third-order valence-corrected chi connectivity index (χ3v) is 4.51. The van der Waals surface area contributed by atoms with Crippen LogP contribution in [0.4, 0.5) is 10.5 Å². The molecule has 21 heavy (non-hydrogen) atoms. The lowest BCUT2D eigenvalue weighted by atomic mass is 10.1. The molecule has 5 nitrogen and oxygen atoms in total. The van der Waals surface area contributed by atoms with Gasteiger partial charge in [0.15, 0.2) is 0 Å². The molecule has 1 fully saturated rings. The van der Waals surface area contributed by atoms with Crippen LogP contribution in [0.25, 0.3) is 10.1 Å². The molecule has 1 atom stereocenters. The van der Waals surface area contributed by atoms with Crippen molar-refractivity contribution >= 4 is 33.3 Å². The summed E-state index contributed by atoms with van der Waals surface area (Å²) in [5.41, 5.74) is 0.820. The van der Waals surface area contributed by atoms with Gasteiger partial charge in [-0.15, -0.1) is 0 Å². The Morgan fingerprint density at radius 1 is 1.57 bits per heavy atom. The number of rotatable bonds is 4. The molecule has 112 valence electrons. The van der Waals surface area contributed by atoms with Crippen LogP contribution in [0.5, 0.6) is 0 Å². The fourth-order valence-electron chi connectivity index (χ4n) is 2.59. The van der Waals surface area contributed by atoms with Gasteiger partial charge < -0.3 is 15.0 Å². The van der Waals surface area contributed by atoms with Crippen LogP contribution in [0, 0.1) is 5.92 Å². The van der Waals surface area contributed by atoms with Crippen molar-refractivity contribution in [1.29, 1.82) is 0 Å². The molecular formula is C15H19N3O2S. The highest BCUT2D eigenvalue weighted by Crippen LogP contribution is 2.23. The Bertz CT molecular complexity index is 628. The van der Waals surface area contributed by atoms with E-state index in [2.05, 4.69) is 9.69 Å². The number of hydrogen-bond acceptors (Lipinski definition) is 4. The molecule has 2 aromatic rings. The van der Waals surface area contributed by atoms with E-state index in [1.54, 1.807) is 0 Å². The first kappa shape index (κ1) is 14.3. The maximum absolute atomic E-state index is 12.3. The van der Waals surface area contributed by atoms with E-state index >= 15 is 0 Å². The van der Waals surface area contributed by atoms with Crippen molar-refractivity contribution in [3.05, 3.63) is 24.4 Å². The van der Waals surface area contributed by atoms with Gasteiger partial charge in [-0.05, 0) is 43.1 Å². The van der Waals surface area contributed by atoms with Crippen LogP contribution in [0.2, 0.25) is 0 Å². The first-order valence-corrected chi connectivity index (χ1v) is 8.01. The Morgan fingerprint density at radius 2 is 2.48 bits per heavy atom. The largest absolute Gasteiger partial charge is 0.381 e. The second-order valence-electron chi connectivity index (χ2n) is 5.27. The third kappa shape index (κ3) is 3.33. The van der Waals surface area contributed by atoms with Crippen LogP contribution in [-0.2, 0) is 4.74 Å². The molecule has 0 aliphatic carbocycles. The number of anilines is 1. The Kier molecular flexibility index (Phi) is 4.36. The summed E-state index contributed by atoms with van der Waals surface area (Å²) < 4.78 is 10.7. The summed E-state index contributed by atoms with van der Waals surface area (Å²) in [5.74, 6) is 0.458. The van der Waals surface area contributed by atoms with Crippen molar-refractivity contribution in [1.82, 2.24) is 9.27 Å². The predicted molar refractivity (Wildman–Crippen MR) is 84.8 cm³/mol. The quantitative estimate of drug-likeness (QED) is 0.944. The number of nitrogens with zero attached hydrogens (tertiary/aromatic N) is 2. The number of amides is 2. The number of fused-ring (bicyclic) bond motifs is 1. The van der Waals surface area contributed by atoms with Crippen LogP contribution in [0.3, 0.4) is 0 Å². The van der Waals surface area contributed by atoms with Crippen LogP contribution >= 0.6 is 11.5 Å². The Labute approximate surface area is 128 Å². The van der Waals surface area contributed by atoms with E-state index in [1.807, 2.05) is 36.2 Å². The number of hydrogen-bond donors (Lipinski definition) is 1. The molecule has 3 rings (SSSR count). The number of benzene rings is 1. The van der Waals surface area contributed by atoms with E-state index in [4.69, 9.17) is 4.74 Å². The predicted octanol–water partition coefficient (Wildman–Crippen LogP) is 3.19. The zero-order valence-electron chi connectivity index (χ0n) is 12.0. The van der Waals surface area contributed by atoms with Gasteiger partial charge in [0.1, 0.15) is 0 Å². The standard InChI is InChI=1S/C15H19N3O2S/c1-2-20-10-11-5-6-18(9-11)15(19)17-13-3-4-14-12(7-13)8-16-21-14/h3-4,7-8,11H,2,5-6,9-10H2,1H3,(H,17,19). The molecule has 2 amide bonds. The Hall–Kier alpha value is -1.66. The number of urea groups is 1. The van der Waals surface area contributed by atoms with Crippen molar-refractivity contribution in [2.45, 2.75) is 13.3 Å². The molecule has 1 N–H and O–H groups in total. The van der Waals surface area contributed by atoms with Gasteiger partial charge in [0.05, 0.1) is 11.3 Å². The fraction of sp³-hybridized carbons (Fsp3) is 0.467.